The molecule has 134 valence electrons. The largest absolute Gasteiger partial charge is 0.478 e. The Hall–Kier alpha value is -1.35. The normalized spacial score (nSPS) is 40.9. The van der Waals surface area contributed by atoms with Crippen molar-refractivity contribution in [2.24, 2.45) is 35.5 Å². The van der Waals surface area contributed by atoms with Crippen LogP contribution in [0.2, 0.25) is 0 Å². The van der Waals surface area contributed by atoms with E-state index in [1.165, 1.54) is 11.6 Å². The molecule has 2 aliphatic rings. The number of carboxylic acid groups (broad SMARTS) is 1. The van der Waals surface area contributed by atoms with Gasteiger partial charge in [0.25, 0.3) is 0 Å². The van der Waals surface area contributed by atoms with Crippen LogP contribution in [0.15, 0.2) is 36.0 Å². The number of fused-ring (bicyclic) bond motifs is 1. The molecule has 0 spiro atoms. The molecule has 3 nitrogen and oxygen atoms in total. The second-order valence-electron chi connectivity index (χ2n) is 7.79. The van der Waals surface area contributed by atoms with Crippen molar-refractivity contribution in [3.05, 3.63) is 36.0 Å². The molecule has 2 N–H and O–H groups in total. The van der Waals surface area contributed by atoms with E-state index in [9.17, 15) is 9.90 Å². The van der Waals surface area contributed by atoms with E-state index in [-0.39, 0.29) is 6.10 Å². The van der Waals surface area contributed by atoms with Crippen LogP contribution in [-0.2, 0) is 4.79 Å². The fraction of sp³-hybridized carbons (Fsp3) is 0.667. The van der Waals surface area contributed by atoms with Gasteiger partial charge >= 0.3 is 5.97 Å². The molecule has 0 aliphatic heterocycles. The number of aliphatic hydroxyl groups excluding tert-OH is 1. The highest BCUT2D eigenvalue weighted by atomic mass is 16.4. The lowest BCUT2D eigenvalue weighted by Crippen LogP contribution is -2.48. The van der Waals surface area contributed by atoms with Crippen LogP contribution in [0, 0.1) is 35.5 Å². The lowest BCUT2D eigenvalue weighted by Gasteiger charge is -2.52. The molecule has 0 aromatic heterocycles. The molecule has 0 amide bonds. The van der Waals surface area contributed by atoms with Crippen molar-refractivity contribution >= 4 is 5.97 Å². The Bertz CT molecular complexity index is 531. The van der Waals surface area contributed by atoms with Gasteiger partial charge in [-0.3, -0.25) is 0 Å². The van der Waals surface area contributed by atoms with Crippen LogP contribution < -0.4 is 0 Å². The minimum absolute atomic E-state index is 0.189. The average Bonchev–Trinajstić information content (AvgIpc) is 2.53. The summed E-state index contributed by atoms with van der Waals surface area (Å²) in [5, 5.41) is 19.3. The minimum Gasteiger partial charge on any atom is -0.478 e. The third kappa shape index (κ3) is 4.00. The van der Waals surface area contributed by atoms with E-state index in [1.54, 1.807) is 6.08 Å². The zero-order chi connectivity index (χ0) is 17.9. The van der Waals surface area contributed by atoms with E-state index in [1.807, 2.05) is 6.08 Å². The Labute approximate surface area is 146 Å². The molecule has 0 heterocycles. The molecule has 0 saturated heterocycles. The molecule has 24 heavy (non-hydrogen) atoms. The van der Waals surface area contributed by atoms with Gasteiger partial charge in [-0.1, -0.05) is 43.7 Å². The number of hydrogen-bond donors (Lipinski definition) is 2. The first kappa shape index (κ1) is 19.0. The lowest BCUT2D eigenvalue weighted by atomic mass is 9.53. The summed E-state index contributed by atoms with van der Waals surface area (Å²) in [6.07, 6.45) is 12.0. The van der Waals surface area contributed by atoms with Crippen molar-refractivity contribution in [2.75, 3.05) is 0 Å². The summed E-state index contributed by atoms with van der Waals surface area (Å²) >= 11 is 0. The Morgan fingerprint density at radius 2 is 1.83 bits per heavy atom. The van der Waals surface area contributed by atoms with Crippen LogP contribution >= 0.6 is 0 Å². The first-order valence-corrected chi connectivity index (χ1v) is 9.25. The van der Waals surface area contributed by atoms with Crippen LogP contribution in [0.1, 0.15) is 47.0 Å². The highest BCUT2D eigenvalue weighted by Crippen LogP contribution is 2.53. The molecule has 2 rings (SSSR count). The third-order valence-corrected chi connectivity index (χ3v) is 6.34. The van der Waals surface area contributed by atoms with E-state index in [0.717, 1.165) is 19.3 Å². The molecule has 0 bridgehead atoms. The molecule has 0 aromatic carbocycles. The molecule has 2 aliphatic carbocycles. The SMILES string of the molecule is C/C=C(/C)[C@H]1C(/C=C/C=C/C(=O)O)C2[C@@H](C[C@@H]1C)[C@@H](O)CC[C@@H]2C. The maximum Gasteiger partial charge on any atom is 0.328 e. The molecule has 7 atom stereocenters. The zero-order valence-electron chi connectivity index (χ0n) is 15.4. The number of allylic oxidation sites excluding steroid dienone is 5. The van der Waals surface area contributed by atoms with E-state index < -0.39 is 5.97 Å². The van der Waals surface area contributed by atoms with Gasteiger partial charge < -0.3 is 10.2 Å². The highest BCUT2D eigenvalue weighted by molar-refractivity contribution is 5.80. The van der Waals surface area contributed by atoms with Crippen LogP contribution in [-0.4, -0.2) is 22.3 Å². The molecule has 3 heteroatoms. The van der Waals surface area contributed by atoms with Crippen molar-refractivity contribution in [1.82, 2.24) is 0 Å². The number of hydrogen-bond acceptors (Lipinski definition) is 2. The predicted octanol–water partition coefficient (Wildman–Crippen LogP) is 4.45. The zero-order valence-corrected chi connectivity index (χ0v) is 15.4. The van der Waals surface area contributed by atoms with Gasteiger partial charge in [0.2, 0.25) is 0 Å². The summed E-state index contributed by atoms with van der Waals surface area (Å²) < 4.78 is 0. The minimum atomic E-state index is -0.919. The first-order valence-electron chi connectivity index (χ1n) is 9.25. The smallest absolute Gasteiger partial charge is 0.328 e. The fourth-order valence-corrected chi connectivity index (χ4v) is 5.22. The van der Waals surface area contributed by atoms with Gasteiger partial charge in [-0.25, -0.2) is 4.79 Å². The Morgan fingerprint density at radius 1 is 1.12 bits per heavy atom. The van der Waals surface area contributed by atoms with Gasteiger partial charge in [0.05, 0.1) is 6.10 Å². The molecular formula is C21H32O3. The van der Waals surface area contributed by atoms with Crippen molar-refractivity contribution in [1.29, 1.82) is 0 Å². The van der Waals surface area contributed by atoms with Crippen LogP contribution in [0.4, 0.5) is 0 Å². The maximum absolute atomic E-state index is 10.7. The summed E-state index contributed by atoms with van der Waals surface area (Å²) in [7, 11) is 0. The second-order valence-corrected chi connectivity index (χ2v) is 7.79. The molecule has 2 fully saturated rings. The summed E-state index contributed by atoms with van der Waals surface area (Å²) in [6, 6.07) is 0. The predicted molar refractivity (Wildman–Crippen MR) is 97.5 cm³/mol. The number of rotatable bonds is 4. The standard InChI is InChI=1S/C21H32O3/c1-5-13(2)20-15(4)12-17-18(22)11-10-14(3)21(17)16(20)8-6-7-9-19(23)24/h5-9,14-18,20-22H,10-12H2,1-4H3,(H,23,24)/b8-6+,9-7+,13-5-/t14-,15-,16?,17-,18-,20+,21?/m0/s1. The van der Waals surface area contributed by atoms with Crippen LogP contribution in [0.5, 0.6) is 0 Å². The topological polar surface area (TPSA) is 57.5 Å². The maximum atomic E-state index is 10.7. The van der Waals surface area contributed by atoms with E-state index in [2.05, 4.69) is 39.8 Å². The van der Waals surface area contributed by atoms with Crippen LogP contribution in [0.25, 0.3) is 0 Å². The fourth-order valence-electron chi connectivity index (χ4n) is 5.22. The van der Waals surface area contributed by atoms with Gasteiger partial charge in [-0.15, -0.1) is 0 Å². The van der Waals surface area contributed by atoms with Crippen molar-refractivity contribution in [3.63, 3.8) is 0 Å². The summed E-state index contributed by atoms with van der Waals surface area (Å²) in [5.74, 6) is 1.87. The Morgan fingerprint density at radius 3 is 2.46 bits per heavy atom. The van der Waals surface area contributed by atoms with Crippen molar-refractivity contribution in [3.8, 4) is 0 Å². The van der Waals surface area contributed by atoms with Crippen molar-refractivity contribution < 1.29 is 15.0 Å². The average molecular weight is 332 g/mol. The van der Waals surface area contributed by atoms with Gasteiger partial charge in [-0.05, 0) is 68.6 Å². The Balaban J connectivity index is 2.36. The number of aliphatic hydroxyl groups is 1. The van der Waals surface area contributed by atoms with Gasteiger partial charge in [-0.2, -0.15) is 0 Å². The number of carbonyl (C=O) groups is 1. The lowest BCUT2D eigenvalue weighted by molar-refractivity contribution is -0.131. The summed E-state index contributed by atoms with van der Waals surface area (Å²) in [5.41, 5.74) is 1.41. The molecular weight excluding hydrogens is 300 g/mol. The highest BCUT2D eigenvalue weighted by Gasteiger charge is 2.48. The molecule has 2 unspecified atom stereocenters. The second kappa shape index (κ2) is 8.15. The van der Waals surface area contributed by atoms with E-state index in [4.69, 9.17) is 5.11 Å². The van der Waals surface area contributed by atoms with Crippen molar-refractivity contribution in [2.45, 2.75) is 53.1 Å². The monoisotopic (exact) mass is 332 g/mol. The third-order valence-electron chi connectivity index (χ3n) is 6.34. The van der Waals surface area contributed by atoms with Crippen LogP contribution in [0.3, 0.4) is 0 Å². The Kier molecular flexibility index (Phi) is 6.45. The quantitative estimate of drug-likeness (QED) is 0.454. The first-order chi connectivity index (χ1) is 11.4. The molecule has 0 aromatic rings. The van der Waals surface area contributed by atoms with E-state index in [0.29, 0.717) is 35.5 Å². The number of aliphatic carboxylic acids is 1. The van der Waals surface area contributed by atoms with Gasteiger partial charge in [0.15, 0.2) is 0 Å². The summed E-state index contributed by atoms with van der Waals surface area (Å²) in [6.45, 7) is 8.92. The molecule has 0 radical (unpaired) electrons. The summed E-state index contributed by atoms with van der Waals surface area (Å²) in [4.78, 5) is 10.7. The van der Waals surface area contributed by atoms with Gasteiger partial charge in [0.1, 0.15) is 0 Å². The van der Waals surface area contributed by atoms with E-state index >= 15 is 0 Å². The van der Waals surface area contributed by atoms with Gasteiger partial charge in [0, 0.05) is 6.08 Å². The molecule has 2 saturated carbocycles. The number of carboxylic acids is 1.